The van der Waals surface area contributed by atoms with E-state index in [-0.39, 0.29) is 17.7 Å². The third kappa shape index (κ3) is 4.20. The second-order valence-corrected chi connectivity index (χ2v) is 6.62. The lowest BCUT2D eigenvalue weighted by Gasteiger charge is -2.32. The Hall–Kier alpha value is -2.14. The van der Waals surface area contributed by atoms with Crippen molar-refractivity contribution < 1.29 is 9.59 Å². The summed E-state index contributed by atoms with van der Waals surface area (Å²) in [7, 11) is 0. The van der Waals surface area contributed by atoms with Gasteiger partial charge < -0.3 is 10.2 Å². The highest BCUT2D eigenvalue weighted by molar-refractivity contribution is 7.08. The van der Waals surface area contributed by atoms with Crippen molar-refractivity contribution in [2.24, 2.45) is 5.92 Å². The summed E-state index contributed by atoms with van der Waals surface area (Å²) in [5.74, 6) is -0.0137. The molecule has 0 spiro atoms. The van der Waals surface area contributed by atoms with E-state index in [2.05, 4.69) is 5.32 Å². The van der Waals surface area contributed by atoms with E-state index in [4.69, 9.17) is 0 Å². The van der Waals surface area contributed by atoms with E-state index >= 15 is 0 Å². The van der Waals surface area contributed by atoms with Crippen molar-refractivity contribution in [1.29, 1.82) is 0 Å². The van der Waals surface area contributed by atoms with E-state index in [0.29, 0.717) is 13.0 Å². The highest BCUT2D eigenvalue weighted by Gasteiger charge is 2.28. The van der Waals surface area contributed by atoms with E-state index in [1.165, 1.54) is 0 Å². The van der Waals surface area contributed by atoms with Crippen molar-refractivity contribution in [3.8, 4) is 0 Å². The van der Waals surface area contributed by atoms with Crippen molar-refractivity contribution in [2.45, 2.75) is 19.3 Å². The largest absolute Gasteiger partial charge is 0.342 e. The van der Waals surface area contributed by atoms with Gasteiger partial charge in [-0.15, -0.1) is 0 Å². The van der Waals surface area contributed by atoms with Gasteiger partial charge in [-0.2, -0.15) is 11.3 Å². The number of carbonyl (C=O) groups is 2. The summed E-state index contributed by atoms with van der Waals surface area (Å²) >= 11 is 1.60. The van der Waals surface area contributed by atoms with Gasteiger partial charge in [-0.1, -0.05) is 18.2 Å². The Labute approximate surface area is 140 Å². The van der Waals surface area contributed by atoms with Crippen LogP contribution in [-0.4, -0.2) is 29.8 Å². The highest BCUT2D eigenvalue weighted by atomic mass is 32.1. The molecular weight excluding hydrogens is 308 g/mol. The summed E-state index contributed by atoms with van der Waals surface area (Å²) in [6.07, 6.45) is 2.14. The smallest absolute Gasteiger partial charge is 0.229 e. The molecule has 1 aromatic carbocycles. The van der Waals surface area contributed by atoms with E-state index in [0.717, 1.165) is 30.6 Å². The molecular formula is C18H20N2O2S. The minimum absolute atomic E-state index is 0.00392. The van der Waals surface area contributed by atoms with Gasteiger partial charge in [0.2, 0.25) is 11.8 Å². The summed E-state index contributed by atoms with van der Waals surface area (Å²) in [6, 6.07) is 11.4. The zero-order valence-electron chi connectivity index (χ0n) is 12.9. The van der Waals surface area contributed by atoms with Gasteiger partial charge in [-0.05, 0) is 47.4 Å². The molecule has 4 nitrogen and oxygen atoms in total. The van der Waals surface area contributed by atoms with Gasteiger partial charge >= 0.3 is 0 Å². The van der Waals surface area contributed by atoms with E-state index < -0.39 is 0 Å². The molecule has 1 aliphatic heterocycles. The lowest BCUT2D eigenvalue weighted by atomic mass is 9.96. The quantitative estimate of drug-likeness (QED) is 0.937. The molecule has 5 heteroatoms. The van der Waals surface area contributed by atoms with Crippen LogP contribution >= 0.6 is 11.3 Å². The number of thiophene rings is 1. The van der Waals surface area contributed by atoms with Crippen molar-refractivity contribution >= 4 is 28.8 Å². The SMILES string of the molecule is O=C(Nc1ccccc1)[C@H]1CCCN(C(=O)Cc2ccsc2)C1. The predicted octanol–water partition coefficient (Wildman–Crippen LogP) is 3.17. The van der Waals surface area contributed by atoms with Crippen LogP contribution in [0.4, 0.5) is 5.69 Å². The number of hydrogen-bond acceptors (Lipinski definition) is 3. The van der Waals surface area contributed by atoms with Crippen LogP contribution in [-0.2, 0) is 16.0 Å². The summed E-state index contributed by atoms with van der Waals surface area (Å²) in [6.45, 7) is 1.26. The van der Waals surface area contributed by atoms with Crippen molar-refractivity contribution in [3.05, 3.63) is 52.7 Å². The average Bonchev–Trinajstić information content (AvgIpc) is 3.09. The van der Waals surface area contributed by atoms with Crippen LogP contribution in [0.1, 0.15) is 18.4 Å². The van der Waals surface area contributed by atoms with Crippen molar-refractivity contribution in [3.63, 3.8) is 0 Å². The maximum Gasteiger partial charge on any atom is 0.229 e. The Morgan fingerprint density at radius 3 is 2.78 bits per heavy atom. The average molecular weight is 328 g/mol. The Morgan fingerprint density at radius 1 is 1.22 bits per heavy atom. The van der Waals surface area contributed by atoms with Gasteiger partial charge in [-0.3, -0.25) is 9.59 Å². The monoisotopic (exact) mass is 328 g/mol. The van der Waals surface area contributed by atoms with E-state index in [1.54, 1.807) is 11.3 Å². The number of nitrogens with zero attached hydrogens (tertiary/aromatic N) is 1. The maximum absolute atomic E-state index is 12.4. The second-order valence-electron chi connectivity index (χ2n) is 5.84. The molecule has 0 unspecified atom stereocenters. The normalized spacial score (nSPS) is 17.7. The number of para-hydroxylation sites is 1. The number of likely N-dealkylation sites (tertiary alicyclic amines) is 1. The number of benzene rings is 1. The first-order valence-electron chi connectivity index (χ1n) is 7.87. The van der Waals surface area contributed by atoms with Gasteiger partial charge in [0.05, 0.1) is 12.3 Å². The molecule has 3 rings (SSSR count). The minimum Gasteiger partial charge on any atom is -0.342 e. The molecule has 2 aromatic rings. The summed E-state index contributed by atoms with van der Waals surface area (Å²) in [5, 5.41) is 6.92. The van der Waals surface area contributed by atoms with Crippen LogP contribution in [0.25, 0.3) is 0 Å². The molecule has 120 valence electrons. The number of hydrogen-bond donors (Lipinski definition) is 1. The number of carbonyl (C=O) groups excluding carboxylic acids is 2. The van der Waals surface area contributed by atoms with E-state index in [1.807, 2.05) is 52.1 Å². The van der Waals surface area contributed by atoms with Gasteiger partial charge in [0, 0.05) is 18.8 Å². The molecule has 1 atom stereocenters. The number of anilines is 1. The van der Waals surface area contributed by atoms with Gasteiger partial charge in [0.1, 0.15) is 0 Å². The summed E-state index contributed by atoms with van der Waals surface area (Å²) in [5.41, 5.74) is 1.86. The lowest BCUT2D eigenvalue weighted by molar-refractivity contribution is -0.133. The van der Waals surface area contributed by atoms with Gasteiger partial charge in [0.15, 0.2) is 0 Å². The topological polar surface area (TPSA) is 49.4 Å². The molecule has 1 aliphatic rings. The molecule has 2 amide bonds. The Kier molecular flexibility index (Phi) is 5.08. The van der Waals surface area contributed by atoms with Gasteiger partial charge in [0.25, 0.3) is 0 Å². The molecule has 0 aliphatic carbocycles. The maximum atomic E-state index is 12.4. The fraction of sp³-hybridized carbons (Fsp3) is 0.333. The zero-order valence-corrected chi connectivity index (χ0v) is 13.7. The molecule has 1 aromatic heterocycles. The Morgan fingerprint density at radius 2 is 2.04 bits per heavy atom. The molecule has 1 saturated heterocycles. The van der Waals surface area contributed by atoms with Crippen molar-refractivity contribution in [1.82, 2.24) is 4.90 Å². The number of nitrogens with one attached hydrogen (secondary N) is 1. The molecule has 23 heavy (non-hydrogen) atoms. The molecule has 0 bridgehead atoms. The lowest BCUT2D eigenvalue weighted by Crippen LogP contribution is -2.44. The van der Waals surface area contributed by atoms with Crippen LogP contribution in [0.15, 0.2) is 47.2 Å². The number of piperidine rings is 1. The predicted molar refractivity (Wildman–Crippen MR) is 92.4 cm³/mol. The number of rotatable bonds is 4. The molecule has 0 saturated carbocycles. The first kappa shape index (κ1) is 15.7. The van der Waals surface area contributed by atoms with E-state index in [9.17, 15) is 9.59 Å². The molecule has 1 N–H and O–H groups in total. The van der Waals surface area contributed by atoms with Crippen LogP contribution < -0.4 is 5.32 Å². The van der Waals surface area contributed by atoms with Crippen LogP contribution in [0.5, 0.6) is 0 Å². The number of amides is 2. The van der Waals surface area contributed by atoms with Crippen LogP contribution in [0.3, 0.4) is 0 Å². The van der Waals surface area contributed by atoms with Crippen LogP contribution in [0.2, 0.25) is 0 Å². The first-order chi connectivity index (χ1) is 11.2. The van der Waals surface area contributed by atoms with Crippen LogP contribution in [0, 0.1) is 5.92 Å². The third-order valence-electron chi connectivity index (χ3n) is 4.12. The van der Waals surface area contributed by atoms with Crippen molar-refractivity contribution in [2.75, 3.05) is 18.4 Å². The fourth-order valence-electron chi connectivity index (χ4n) is 2.86. The fourth-order valence-corrected chi connectivity index (χ4v) is 3.53. The minimum atomic E-state index is -0.129. The summed E-state index contributed by atoms with van der Waals surface area (Å²) < 4.78 is 0. The Bertz CT molecular complexity index is 655. The third-order valence-corrected chi connectivity index (χ3v) is 4.85. The first-order valence-corrected chi connectivity index (χ1v) is 8.81. The molecule has 1 fully saturated rings. The molecule has 2 heterocycles. The highest BCUT2D eigenvalue weighted by Crippen LogP contribution is 2.20. The Balaban J connectivity index is 1.57. The second kappa shape index (κ2) is 7.42. The summed E-state index contributed by atoms with van der Waals surface area (Å²) in [4.78, 5) is 26.6. The standard InChI is InChI=1S/C18H20N2O2S/c21-17(11-14-8-10-23-13-14)20-9-4-5-15(12-20)18(22)19-16-6-2-1-3-7-16/h1-3,6-8,10,13,15H,4-5,9,11-12H2,(H,19,22)/t15-/m0/s1. The molecule has 0 radical (unpaired) electrons. The van der Waals surface area contributed by atoms with Gasteiger partial charge in [-0.25, -0.2) is 0 Å². The zero-order chi connectivity index (χ0) is 16.1.